The maximum Gasteiger partial charge on any atom is 0.501 e. The number of rotatable bonds is 1. The van der Waals surface area contributed by atoms with E-state index in [1.165, 1.54) is 0 Å². The molecule has 0 aliphatic carbocycles. The van der Waals surface area contributed by atoms with E-state index in [0.717, 1.165) is 0 Å². The Kier molecular flexibility index (Phi) is 3.50. The minimum Gasteiger partial charge on any atom is -0.289 e. The molecule has 0 aliphatic heterocycles. The number of hydrogen-bond acceptors (Lipinski definition) is 2. The quantitative estimate of drug-likeness (QED) is 0.426. The van der Waals surface area contributed by atoms with Gasteiger partial charge >= 0.3 is 18.4 Å². The van der Waals surface area contributed by atoms with Crippen molar-refractivity contribution in [2.24, 2.45) is 0 Å². The third-order valence-electron chi connectivity index (χ3n) is 0.813. The first-order chi connectivity index (χ1) is 5.98. The average molecular weight is 245 g/mol. The molecule has 0 fully saturated rings. The highest BCUT2D eigenvalue weighted by Crippen LogP contribution is 2.28. The van der Waals surface area contributed by atoms with Crippen molar-refractivity contribution in [3.63, 3.8) is 0 Å². The summed E-state index contributed by atoms with van der Waals surface area (Å²) in [5.41, 5.74) is 0. The van der Waals surface area contributed by atoms with Gasteiger partial charge in [0.1, 0.15) is 0 Å². The van der Waals surface area contributed by atoms with E-state index in [-0.39, 0.29) is 0 Å². The van der Waals surface area contributed by atoms with Gasteiger partial charge in [0, 0.05) is 0 Å². The van der Waals surface area contributed by atoms with E-state index in [1.54, 1.807) is 0 Å². The van der Waals surface area contributed by atoms with Crippen molar-refractivity contribution in [2.75, 3.05) is 0 Å². The third kappa shape index (κ3) is 3.14. The number of alkyl halides is 6. The van der Waals surface area contributed by atoms with Crippen molar-refractivity contribution < 1.29 is 39.9 Å². The Balaban J connectivity index is 5.07. The molecule has 0 rings (SSSR count). The normalized spacial score (nSPS) is 15.1. The fourth-order valence-corrected chi connectivity index (χ4v) is 0.812. The van der Waals surface area contributed by atoms with Crippen LogP contribution in [-0.4, -0.2) is 31.5 Å². The Bertz CT molecular complexity index is 258. The highest BCUT2D eigenvalue weighted by atomic mass is 32.2. The minimum atomic E-state index is -5.87. The molecular weight excluding hydrogens is 244 g/mol. The van der Waals surface area contributed by atoms with E-state index in [1.807, 2.05) is 0 Å². The van der Waals surface area contributed by atoms with Crippen LogP contribution in [0.1, 0.15) is 0 Å². The van der Waals surface area contributed by atoms with Gasteiger partial charge in [-0.1, -0.05) is 0 Å². The van der Waals surface area contributed by atoms with Crippen molar-refractivity contribution >= 4 is 17.2 Å². The van der Waals surface area contributed by atoms with Gasteiger partial charge in [-0.3, -0.25) is 9.35 Å². The van der Waals surface area contributed by atoms with Crippen LogP contribution < -0.4 is 0 Å². The molecule has 1 N–H and O–H groups in total. The number of amides is 1. The Morgan fingerprint density at radius 3 is 1.57 bits per heavy atom. The maximum absolute atomic E-state index is 11.6. The van der Waals surface area contributed by atoms with E-state index < -0.39 is 34.0 Å². The summed E-state index contributed by atoms with van der Waals surface area (Å²) >= 11 is -4.11. The second-order valence-electron chi connectivity index (χ2n) is 1.80. The van der Waals surface area contributed by atoms with Crippen LogP contribution >= 0.6 is 0 Å². The van der Waals surface area contributed by atoms with Crippen LogP contribution in [0.5, 0.6) is 0 Å². The molecule has 0 aliphatic rings. The highest BCUT2D eigenvalue weighted by molar-refractivity contribution is 7.77. The van der Waals surface area contributed by atoms with Crippen LogP contribution in [0.2, 0.25) is 0 Å². The van der Waals surface area contributed by atoms with Crippen molar-refractivity contribution in [1.29, 1.82) is 0 Å². The molecule has 1 atom stereocenters. The van der Waals surface area contributed by atoms with Gasteiger partial charge < -0.3 is 0 Å². The Labute approximate surface area is 74.9 Å². The summed E-state index contributed by atoms with van der Waals surface area (Å²) < 4.78 is 84.7. The largest absolute Gasteiger partial charge is 0.501 e. The van der Waals surface area contributed by atoms with Gasteiger partial charge in [-0.25, -0.2) is 4.21 Å². The summed E-state index contributed by atoms with van der Waals surface area (Å²) in [6, 6.07) is 0. The zero-order valence-corrected chi connectivity index (χ0v) is 6.70. The summed E-state index contributed by atoms with van der Waals surface area (Å²) in [6.07, 6.45) is -11.7. The van der Waals surface area contributed by atoms with Gasteiger partial charge in [0.25, 0.3) is 11.3 Å². The fourth-order valence-electron chi connectivity index (χ4n) is 0.390. The lowest BCUT2D eigenvalue weighted by molar-refractivity contribution is -0.236. The molecule has 0 bridgehead atoms. The minimum absolute atomic E-state index is 2.13. The molecule has 0 spiro atoms. The number of carbonyl (C=O) groups is 1. The van der Waals surface area contributed by atoms with Crippen LogP contribution in [0.4, 0.5) is 26.3 Å². The molecule has 84 valence electrons. The molecule has 14 heavy (non-hydrogen) atoms. The maximum atomic E-state index is 11.6. The molecule has 0 radical (unpaired) electrons. The van der Waals surface area contributed by atoms with Crippen LogP contribution in [0.3, 0.4) is 0 Å². The second-order valence-corrected chi connectivity index (χ2v) is 2.62. The lowest BCUT2D eigenvalue weighted by atomic mass is 10.6. The van der Waals surface area contributed by atoms with E-state index in [9.17, 15) is 35.3 Å². The van der Waals surface area contributed by atoms with E-state index in [4.69, 9.17) is 4.55 Å². The van der Waals surface area contributed by atoms with E-state index in [2.05, 4.69) is 0 Å². The van der Waals surface area contributed by atoms with Gasteiger partial charge in [0.05, 0.1) is 0 Å². The molecule has 0 heterocycles. The molecule has 0 aromatic carbocycles. The summed E-state index contributed by atoms with van der Waals surface area (Å²) in [7, 11) is 0. The molecule has 1 amide bonds. The first-order valence-electron chi connectivity index (χ1n) is 2.57. The predicted octanol–water partition coefficient (Wildman–Crippen LogP) is 1.03. The van der Waals surface area contributed by atoms with Gasteiger partial charge in [-0.2, -0.15) is 13.2 Å². The van der Waals surface area contributed by atoms with Gasteiger partial charge in [0.15, 0.2) is 0 Å². The van der Waals surface area contributed by atoms with Crippen molar-refractivity contribution in [2.45, 2.75) is 12.5 Å². The summed E-state index contributed by atoms with van der Waals surface area (Å²) in [4.78, 5) is 9.98. The number of hydrogen-bond donors (Lipinski definition) is 1. The fraction of sp³-hybridized carbons (Fsp3) is 0.667. The standard InChI is InChI=1S/C3HF6NO3S/c4-2(5,6)1(11)10(14(12)13)3(7,8)9/h(H,12,13). The first kappa shape index (κ1) is 13.2. The molecule has 4 nitrogen and oxygen atoms in total. The number of carbonyl (C=O) groups excluding carboxylic acids is 1. The zero-order valence-electron chi connectivity index (χ0n) is 5.89. The molecule has 0 saturated carbocycles. The summed E-state index contributed by atoms with van der Waals surface area (Å²) in [5, 5.41) is 0. The van der Waals surface area contributed by atoms with Crippen LogP contribution in [0, 0.1) is 0 Å². The van der Waals surface area contributed by atoms with E-state index in [0.29, 0.717) is 0 Å². The molecule has 0 aromatic heterocycles. The summed E-state index contributed by atoms with van der Waals surface area (Å²) in [6.45, 7) is 0. The van der Waals surface area contributed by atoms with Crippen molar-refractivity contribution in [3.05, 3.63) is 0 Å². The number of nitrogens with zero attached hydrogens (tertiary/aromatic N) is 1. The Hall–Kier alpha value is -0.840. The van der Waals surface area contributed by atoms with Crippen molar-refractivity contribution in [1.82, 2.24) is 4.31 Å². The van der Waals surface area contributed by atoms with Crippen molar-refractivity contribution in [3.8, 4) is 0 Å². The SMILES string of the molecule is O=C(N(S(=O)O)C(F)(F)F)C(F)(F)F. The molecule has 1 unspecified atom stereocenters. The summed E-state index contributed by atoms with van der Waals surface area (Å²) in [5.74, 6) is -3.45. The molecule has 11 heteroatoms. The topological polar surface area (TPSA) is 57.6 Å². The Morgan fingerprint density at radius 2 is 1.50 bits per heavy atom. The molecular formula is C3HF6NO3S. The average Bonchev–Trinajstić information content (AvgIpc) is 1.79. The molecule has 0 saturated heterocycles. The third-order valence-corrected chi connectivity index (χ3v) is 1.50. The van der Waals surface area contributed by atoms with Crippen LogP contribution in [0.25, 0.3) is 0 Å². The van der Waals surface area contributed by atoms with E-state index >= 15 is 0 Å². The van der Waals surface area contributed by atoms with Crippen LogP contribution in [-0.2, 0) is 16.1 Å². The monoisotopic (exact) mass is 245 g/mol. The van der Waals surface area contributed by atoms with Crippen LogP contribution in [0.15, 0.2) is 0 Å². The Morgan fingerprint density at radius 1 is 1.14 bits per heavy atom. The lowest BCUT2D eigenvalue weighted by Gasteiger charge is -2.20. The zero-order chi connectivity index (χ0) is 11.7. The highest BCUT2D eigenvalue weighted by Gasteiger charge is 2.55. The van der Waals surface area contributed by atoms with Gasteiger partial charge in [-0.05, 0) is 0 Å². The van der Waals surface area contributed by atoms with Gasteiger partial charge in [0.2, 0.25) is 0 Å². The number of halogens is 6. The lowest BCUT2D eigenvalue weighted by Crippen LogP contribution is -2.49. The van der Waals surface area contributed by atoms with Gasteiger partial charge in [-0.15, -0.1) is 17.5 Å². The predicted molar refractivity (Wildman–Crippen MR) is 29.7 cm³/mol. The molecule has 0 aromatic rings. The second kappa shape index (κ2) is 3.73. The first-order valence-corrected chi connectivity index (χ1v) is 3.63. The smallest absolute Gasteiger partial charge is 0.289 e.